The first-order chi connectivity index (χ1) is 12.6. The zero-order valence-corrected chi connectivity index (χ0v) is 15.5. The maximum atomic E-state index is 12.5. The third-order valence-electron chi connectivity index (χ3n) is 6.41. The summed E-state index contributed by atoms with van der Waals surface area (Å²) in [5, 5.41) is 3.04. The van der Waals surface area contributed by atoms with E-state index >= 15 is 0 Å². The number of hydrogen-bond acceptors (Lipinski definition) is 3. The van der Waals surface area contributed by atoms with E-state index in [1.807, 2.05) is 18.2 Å². The second-order valence-electron chi connectivity index (χ2n) is 8.08. The Hall–Kier alpha value is -2.04. The Kier molecular flexibility index (Phi) is 4.88. The van der Waals surface area contributed by atoms with E-state index in [-0.39, 0.29) is 11.8 Å². The molecule has 3 aliphatic rings. The number of nitrogens with one attached hydrogen (secondary N) is 1. The maximum absolute atomic E-state index is 12.5. The highest BCUT2D eigenvalue weighted by atomic mass is 16.5. The summed E-state index contributed by atoms with van der Waals surface area (Å²) < 4.78 is 5.44. The second kappa shape index (κ2) is 7.29. The minimum Gasteiger partial charge on any atom is -0.495 e. The third kappa shape index (κ3) is 3.44. The van der Waals surface area contributed by atoms with Crippen LogP contribution in [0.2, 0.25) is 0 Å². The SMILES string of the molecule is COc1ccc(NC(=O)C[C@H]2C[C@H]3CC[C@H]2C3)cc1N1CCCCC1=O. The minimum atomic E-state index is 0.0867. The number of rotatable bonds is 5. The lowest BCUT2D eigenvalue weighted by Gasteiger charge is -2.28. The van der Waals surface area contributed by atoms with Crippen molar-refractivity contribution in [3.05, 3.63) is 18.2 Å². The molecule has 2 amide bonds. The molecule has 2 aliphatic carbocycles. The predicted octanol–water partition coefficient (Wildman–Crippen LogP) is 3.98. The Morgan fingerprint density at radius 2 is 2.15 bits per heavy atom. The average Bonchev–Trinajstić information content (AvgIpc) is 3.25. The van der Waals surface area contributed by atoms with Gasteiger partial charge in [-0.1, -0.05) is 6.42 Å². The van der Waals surface area contributed by atoms with E-state index in [2.05, 4.69) is 5.32 Å². The van der Waals surface area contributed by atoms with Crippen LogP contribution in [0.15, 0.2) is 18.2 Å². The number of ether oxygens (including phenoxy) is 1. The molecule has 140 valence electrons. The Balaban J connectivity index is 1.45. The smallest absolute Gasteiger partial charge is 0.227 e. The van der Waals surface area contributed by atoms with Crippen LogP contribution in [0.1, 0.15) is 51.4 Å². The monoisotopic (exact) mass is 356 g/mol. The number of nitrogens with zero attached hydrogens (tertiary/aromatic N) is 1. The Labute approximate surface area is 155 Å². The standard InChI is InChI=1S/C21H28N2O3/c1-26-19-8-7-17(13-18(19)23-9-3-2-4-21(23)25)22-20(24)12-16-11-14-5-6-15(16)10-14/h7-8,13-16H,2-6,9-12H2,1H3,(H,22,24)/t14-,15-,16+/m0/s1. The van der Waals surface area contributed by atoms with Gasteiger partial charge in [0.15, 0.2) is 0 Å². The van der Waals surface area contributed by atoms with E-state index in [1.54, 1.807) is 12.0 Å². The summed E-state index contributed by atoms with van der Waals surface area (Å²) in [4.78, 5) is 26.6. The predicted molar refractivity (Wildman–Crippen MR) is 101 cm³/mol. The van der Waals surface area contributed by atoms with Gasteiger partial charge in [0, 0.05) is 25.1 Å². The van der Waals surface area contributed by atoms with E-state index < -0.39 is 0 Å². The molecule has 2 bridgehead atoms. The van der Waals surface area contributed by atoms with Gasteiger partial charge in [0.25, 0.3) is 0 Å². The van der Waals surface area contributed by atoms with Gasteiger partial charge in [0.1, 0.15) is 5.75 Å². The zero-order valence-electron chi connectivity index (χ0n) is 15.5. The highest BCUT2D eigenvalue weighted by Crippen LogP contribution is 2.49. The van der Waals surface area contributed by atoms with Gasteiger partial charge in [-0.05, 0) is 68.1 Å². The summed E-state index contributed by atoms with van der Waals surface area (Å²) in [6, 6.07) is 5.57. The van der Waals surface area contributed by atoms with E-state index in [0.717, 1.165) is 36.1 Å². The molecule has 0 radical (unpaired) electrons. The van der Waals surface area contributed by atoms with Gasteiger partial charge in [-0.2, -0.15) is 0 Å². The highest BCUT2D eigenvalue weighted by molar-refractivity contribution is 5.97. The van der Waals surface area contributed by atoms with E-state index in [4.69, 9.17) is 4.74 Å². The summed E-state index contributed by atoms with van der Waals surface area (Å²) in [5.41, 5.74) is 1.50. The Bertz CT molecular complexity index is 702. The summed E-state index contributed by atoms with van der Waals surface area (Å²) in [7, 11) is 1.61. The molecular weight excluding hydrogens is 328 g/mol. The highest BCUT2D eigenvalue weighted by Gasteiger charge is 2.40. The van der Waals surface area contributed by atoms with Crippen LogP contribution in [-0.2, 0) is 9.59 Å². The van der Waals surface area contributed by atoms with E-state index in [1.165, 1.54) is 25.7 Å². The van der Waals surface area contributed by atoms with Crippen molar-refractivity contribution in [1.82, 2.24) is 0 Å². The van der Waals surface area contributed by atoms with Crippen molar-refractivity contribution < 1.29 is 14.3 Å². The number of carbonyl (C=O) groups is 2. The number of carbonyl (C=O) groups excluding carboxylic acids is 2. The number of hydrogen-bond donors (Lipinski definition) is 1. The van der Waals surface area contributed by atoms with Crippen molar-refractivity contribution in [2.45, 2.75) is 51.4 Å². The van der Waals surface area contributed by atoms with Crippen LogP contribution < -0.4 is 15.0 Å². The lowest BCUT2D eigenvalue weighted by molar-refractivity contribution is -0.119. The fraction of sp³-hybridized carbons (Fsp3) is 0.619. The number of amides is 2. The lowest BCUT2D eigenvalue weighted by Crippen LogP contribution is -2.35. The molecule has 5 heteroatoms. The van der Waals surface area contributed by atoms with Gasteiger partial charge in [-0.3, -0.25) is 9.59 Å². The number of methoxy groups -OCH3 is 1. The van der Waals surface area contributed by atoms with Gasteiger partial charge in [0.05, 0.1) is 12.8 Å². The largest absolute Gasteiger partial charge is 0.495 e. The van der Waals surface area contributed by atoms with E-state index in [0.29, 0.717) is 31.1 Å². The van der Waals surface area contributed by atoms with Crippen LogP contribution in [0.25, 0.3) is 0 Å². The van der Waals surface area contributed by atoms with Crippen molar-refractivity contribution in [2.75, 3.05) is 23.9 Å². The molecular formula is C21H28N2O3. The fourth-order valence-electron chi connectivity index (χ4n) is 5.12. The first kappa shape index (κ1) is 17.4. The van der Waals surface area contributed by atoms with Gasteiger partial charge >= 0.3 is 0 Å². The molecule has 4 rings (SSSR count). The molecule has 3 atom stereocenters. The first-order valence-corrected chi connectivity index (χ1v) is 9.92. The molecule has 0 spiro atoms. The molecule has 1 saturated heterocycles. The second-order valence-corrected chi connectivity index (χ2v) is 8.08. The quantitative estimate of drug-likeness (QED) is 0.868. The molecule has 1 heterocycles. The number of anilines is 2. The zero-order chi connectivity index (χ0) is 18.1. The van der Waals surface area contributed by atoms with Crippen molar-refractivity contribution in [2.24, 2.45) is 17.8 Å². The number of fused-ring (bicyclic) bond motifs is 2. The van der Waals surface area contributed by atoms with Crippen molar-refractivity contribution >= 4 is 23.2 Å². The number of piperidine rings is 1. The Morgan fingerprint density at radius 3 is 2.85 bits per heavy atom. The molecule has 1 aromatic rings. The molecule has 1 aromatic carbocycles. The lowest BCUT2D eigenvalue weighted by atomic mass is 9.86. The summed E-state index contributed by atoms with van der Waals surface area (Å²) in [6.45, 7) is 0.706. The fourth-order valence-corrected chi connectivity index (χ4v) is 5.12. The van der Waals surface area contributed by atoms with Crippen LogP contribution in [0.3, 0.4) is 0 Å². The van der Waals surface area contributed by atoms with Crippen LogP contribution in [0.5, 0.6) is 5.75 Å². The average molecular weight is 356 g/mol. The molecule has 1 aliphatic heterocycles. The van der Waals surface area contributed by atoms with Crippen LogP contribution >= 0.6 is 0 Å². The van der Waals surface area contributed by atoms with E-state index in [9.17, 15) is 9.59 Å². The molecule has 3 fully saturated rings. The summed E-state index contributed by atoms with van der Waals surface area (Å²) in [5.74, 6) is 3.05. The van der Waals surface area contributed by atoms with Crippen molar-refractivity contribution in [3.8, 4) is 5.75 Å². The molecule has 5 nitrogen and oxygen atoms in total. The number of benzene rings is 1. The molecule has 26 heavy (non-hydrogen) atoms. The summed E-state index contributed by atoms with van der Waals surface area (Å²) >= 11 is 0. The molecule has 2 saturated carbocycles. The minimum absolute atomic E-state index is 0.0867. The van der Waals surface area contributed by atoms with Crippen molar-refractivity contribution in [3.63, 3.8) is 0 Å². The molecule has 0 unspecified atom stereocenters. The van der Waals surface area contributed by atoms with Crippen LogP contribution in [0, 0.1) is 17.8 Å². The topological polar surface area (TPSA) is 58.6 Å². The van der Waals surface area contributed by atoms with Gasteiger partial charge in [-0.25, -0.2) is 0 Å². The summed E-state index contributed by atoms with van der Waals surface area (Å²) in [6.07, 6.45) is 8.32. The van der Waals surface area contributed by atoms with Gasteiger partial charge < -0.3 is 15.0 Å². The Morgan fingerprint density at radius 1 is 1.27 bits per heavy atom. The van der Waals surface area contributed by atoms with Gasteiger partial charge in [-0.15, -0.1) is 0 Å². The van der Waals surface area contributed by atoms with Crippen LogP contribution in [0.4, 0.5) is 11.4 Å². The van der Waals surface area contributed by atoms with Crippen LogP contribution in [-0.4, -0.2) is 25.5 Å². The normalized spacial score (nSPS) is 27.7. The van der Waals surface area contributed by atoms with Crippen molar-refractivity contribution in [1.29, 1.82) is 0 Å². The molecule has 0 aromatic heterocycles. The first-order valence-electron chi connectivity index (χ1n) is 9.92. The van der Waals surface area contributed by atoms with Gasteiger partial charge in [0.2, 0.25) is 11.8 Å². The maximum Gasteiger partial charge on any atom is 0.227 e. The third-order valence-corrected chi connectivity index (χ3v) is 6.41. The molecule has 1 N–H and O–H groups in total.